The van der Waals surface area contributed by atoms with Crippen molar-refractivity contribution < 1.29 is 9.21 Å². The summed E-state index contributed by atoms with van der Waals surface area (Å²) in [6.45, 7) is 1.15. The first kappa shape index (κ1) is 14.3. The van der Waals surface area contributed by atoms with Crippen LogP contribution in [0.4, 0.5) is 0 Å². The normalized spacial score (nSPS) is 11.1. The summed E-state index contributed by atoms with van der Waals surface area (Å²) < 4.78 is 6.94. The number of thiophene rings is 1. The Balaban J connectivity index is 1.46. The Kier molecular flexibility index (Phi) is 4.50. The zero-order valence-electron chi connectivity index (χ0n) is 11.8. The van der Waals surface area contributed by atoms with Gasteiger partial charge >= 0.3 is 0 Å². The smallest absolute Gasteiger partial charge is 0.244 e. The number of amides is 1. The first-order valence-electron chi connectivity index (χ1n) is 6.88. The molecule has 0 spiro atoms. The number of hydrogen-bond donors (Lipinski definition) is 1. The summed E-state index contributed by atoms with van der Waals surface area (Å²) in [5, 5.41) is 9.32. The van der Waals surface area contributed by atoms with Crippen LogP contribution >= 0.6 is 11.3 Å². The minimum Gasteiger partial charge on any atom is -0.465 e. The van der Waals surface area contributed by atoms with Gasteiger partial charge in [0.15, 0.2) is 0 Å². The van der Waals surface area contributed by atoms with E-state index in [1.54, 1.807) is 35.8 Å². The fourth-order valence-electron chi connectivity index (χ4n) is 1.94. The van der Waals surface area contributed by atoms with Crippen molar-refractivity contribution in [1.82, 2.24) is 15.1 Å². The molecular formula is C16H15N3O2S. The van der Waals surface area contributed by atoms with Crippen LogP contribution in [-0.4, -0.2) is 22.2 Å². The third-order valence-corrected chi connectivity index (χ3v) is 3.89. The van der Waals surface area contributed by atoms with Crippen LogP contribution in [0.5, 0.6) is 0 Å². The van der Waals surface area contributed by atoms with Crippen molar-refractivity contribution in [3.8, 4) is 10.6 Å². The summed E-state index contributed by atoms with van der Waals surface area (Å²) in [6.07, 6.45) is 6.58. The highest BCUT2D eigenvalue weighted by molar-refractivity contribution is 7.13. The predicted octanol–water partition coefficient (Wildman–Crippen LogP) is 3.03. The molecule has 0 aliphatic heterocycles. The molecule has 3 rings (SSSR count). The molecule has 0 aromatic carbocycles. The Morgan fingerprint density at radius 1 is 1.36 bits per heavy atom. The maximum Gasteiger partial charge on any atom is 0.244 e. The highest BCUT2D eigenvalue weighted by Gasteiger charge is 2.03. The van der Waals surface area contributed by atoms with Gasteiger partial charge in [-0.05, 0) is 35.7 Å². The second kappa shape index (κ2) is 6.91. The number of rotatable bonds is 6. The summed E-state index contributed by atoms with van der Waals surface area (Å²) in [7, 11) is 0. The number of nitrogens with one attached hydrogen (secondary N) is 1. The molecule has 0 bridgehead atoms. The van der Waals surface area contributed by atoms with E-state index in [2.05, 4.69) is 10.4 Å². The molecule has 5 nitrogen and oxygen atoms in total. The maximum absolute atomic E-state index is 11.7. The zero-order valence-corrected chi connectivity index (χ0v) is 12.6. The van der Waals surface area contributed by atoms with Crippen LogP contribution in [0.1, 0.15) is 5.76 Å². The molecule has 0 saturated carbocycles. The van der Waals surface area contributed by atoms with Crippen LogP contribution in [0.3, 0.4) is 0 Å². The van der Waals surface area contributed by atoms with Crippen LogP contribution < -0.4 is 5.32 Å². The lowest BCUT2D eigenvalue weighted by Gasteiger charge is -2.02. The maximum atomic E-state index is 11.7. The summed E-state index contributed by atoms with van der Waals surface area (Å²) in [5.41, 5.74) is 0.957. The Labute approximate surface area is 131 Å². The lowest BCUT2D eigenvalue weighted by atomic mass is 10.3. The molecule has 112 valence electrons. The van der Waals surface area contributed by atoms with E-state index >= 15 is 0 Å². The Morgan fingerprint density at radius 2 is 2.32 bits per heavy atom. The van der Waals surface area contributed by atoms with E-state index in [4.69, 9.17) is 4.42 Å². The van der Waals surface area contributed by atoms with E-state index < -0.39 is 0 Å². The average Bonchev–Trinajstić information content (AvgIpc) is 3.26. The minimum absolute atomic E-state index is 0.151. The van der Waals surface area contributed by atoms with Crippen LogP contribution in [0.15, 0.2) is 58.7 Å². The second-order valence-electron chi connectivity index (χ2n) is 4.58. The third kappa shape index (κ3) is 3.73. The van der Waals surface area contributed by atoms with Gasteiger partial charge < -0.3 is 9.73 Å². The van der Waals surface area contributed by atoms with Crippen molar-refractivity contribution in [3.05, 3.63) is 60.0 Å². The van der Waals surface area contributed by atoms with Gasteiger partial charge in [0.05, 0.1) is 17.7 Å². The second-order valence-corrected chi connectivity index (χ2v) is 5.53. The summed E-state index contributed by atoms with van der Waals surface area (Å²) >= 11 is 1.66. The lowest BCUT2D eigenvalue weighted by Crippen LogP contribution is -2.25. The van der Waals surface area contributed by atoms with Gasteiger partial charge in [-0.3, -0.25) is 9.48 Å². The highest BCUT2D eigenvalue weighted by Crippen LogP contribution is 2.22. The topological polar surface area (TPSA) is 60.1 Å². The van der Waals surface area contributed by atoms with E-state index in [0.717, 1.165) is 10.6 Å². The van der Waals surface area contributed by atoms with Crippen LogP contribution in [0.25, 0.3) is 16.6 Å². The van der Waals surface area contributed by atoms with Gasteiger partial charge in [-0.25, -0.2) is 0 Å². The van der Waals surface area contributed by atoms with Crippen molar-refractivity contribution in [3.63, 3.8) is 0 Å². The van der Waals surface area contributed by atoms with Crippen LogP contribution in [0, 0.1) is 0 Å². The van der Waals surface area contributed by atoms with Gasteiger partial charge in [0.25, 0.3) is 0 Å². The summed E-state index contributed by atoms with van der Waals surface area (Å²) in [5.74, 6) is 0.504. The number of carbonyl (C=O) groups is 1. The van der Waals surface area contributed by atoms with Crippen molar-refractivity contribution in [2.45, 2.75) is 6.54 Å². The Morgan fingerprint density at radius 3 is 3.09 bits per heavy atom. The van der Waals surface area contributed by atoms with Crippen LogP contribution in [0.2, 0.25) is 0 Å². The van der Waals surface area contributed by atoms with Crippen LogP contribution in [-0.2, 0) is 11.3 Å². The number of aromatic nitrogens is 2. The molecule has 1 amide bonds. The summed E-state index contributed by atoms with van der Waals surface area (Å²) in [4.78, 5) is 12.8. The molecular weight excluding hydrogens is 298 g/mol. The van der Waals surface area contributed by atoms with Crippen molar-refractivity contribution in [1.29, 1.82) is 0 Å². The first-order valence-corrected chi connectivity index (χ1v) is 7.76. The first-order chi connectivity index (χ1) is 10.8. The van der Waals surface area contributed by atoms with Gasteiger partial charge in [-0.1, -0.05) is 6.07 Å². The molecule has 0 fully saturated rings. The Bertz CT molecular complexity index is 742. The van der Waals surface area contributed by atoms with Crippen molar-refractivity contribution in [2.24, 2.45) is 0 Å². The van der Waals surface area contributed by atoms with Gasteiger partial charge in [0.2, 0.25) is 5.91 Å². The number of carbonyl (C=O) groups excluding carboxylic acids is 1. The summed E-state index contributed by atoms with van der Waals surface area (Å²) in [6, 6.07) is 9.59. The van der Waals surface area contributed by atoms with E-state index in [1.807, 2.05) is 34.5 Å². The van der Waals surface area contributed by atoms with Gasteiger partial charge in [-0.2, -0.15) is 5.10 Å². The molecule has 6 heteroatoms. The molecule has 0 radical (unpaired) electrons. The number of furan rings is 1. The minimum atomic E-state index is -0.151. The third-order valence-electron chi connectivity index (χ3n) is 3.00. The molecule has 1 N–H and O–H groups in total. The van der Waals surface area contributed by atoms with Gasteiger partial charge in [0.1, 0.15) is 11.5 Å². The largest absolute Gasteiger partial charge is 0.465 e. The molecule has 3 heterocycles. The van der Waals surface area contributed by atoms with Crippen molar-refractivity contribution in [2.75, 3.05) is 6.54 Å². The SMILES string of the molecule is O=C(C=Cc1ccco1)NCCn1ccc(-c2cccs2)n1. The lowest BCUT2D eigenvalue weighted by molar-refractivity contribution is -0.116. The monoisotopic (exact) mass is 313 g/mol. The van der Waals surface area contributed by atoms with Gasteiger partial charge in [0, 0.05) is 18.8 Å². The van der Waals surface area contributed by atoms with Crippen molar-refractivity contribution >= 4 is 23.3 Å². The van der Waals surface area contributed by atoms with E-state index in [-0.39, 0.29) is 5.91 Å². The molecule has 0 unspecified atom stereocenters. The fraction of sp³-hybridized carbons (Fsp3) is 0.125. The molecule has 0 aliphatic rings. The standard InChI is InChI=1S/C16H15N3O2S/c20-16(6-5-13-3-1-11-21-13)17-8-10-19-9-7-14(18-19)15-4-2-12-22-15/h1-7,9,11-12H,8,10H2,(H,17,20). The molecule has 0 aliphatic carbocycles. The Hall–Kier alpha value is -2.60. The molecule has 3 aromatic rings. The average molecular weight is 313 g/mol. The molecule has 3 aromatic heterocycles. The number of hydrogen-bond acceptors (Lipinski definition) is 4. The highest BCUT2D eigenvalue weighted by atomic mass is 32.1. The fourth-order valence-corrected chi connectivity index (χ4v) is 2.63. The van der Waals surface area contributed by atoms with E-state index in [0.29, 0.717) is 18.8 Å². The number of nitrogens with zero attached hydrogens (tertiary/aromatic N) is 2. The predicted molar refractivity (Wildman–Crippen MR) is 86.3 cm³/mol. The quantitative estimate of drug-likeness (QED) is 0.712. The molecule has 0 atom stereocenters. The molecule has 0 saturated heterocycles. The van der Waals surface area contributed by atoms with Gasteiger partial charge in [-0.15, -0.1) is 11.3 Å². The van der Waals surface area contributed by atoms with E-state index in [1.165, 1.54) is 6.08 Å². The molecule has 22 heavy (non-hydrogen) atoms. The zero-order chi connectivity index (χ0) is 15.2. The van der Waals surface area contributed by atoms with E-state index in [9.17, 15) is 4.79 Å².